The van der Waals surface area contributed by atoms with Gasteiger partial charge in [-0.3, -0.25) is 4.79 Å². The highest BCUT2D eigenvalue weighted by Gasteiger charge is 2.26. The molecule has 23 heavy (non-hydrogen) atoms. The Kier molecular flexibility index (Phi) is 8.92. The molecule has 1 fully saturated rings. The largest absolute Gasteiger partial charge is 0.381 e. The van der Waals surface area contributed by atoms with E-state index in [9.17, 15) is 4.79 Å². The van der Waals surface area contributed by atoms with Gasteiger partial charge in [0.05, 0.1) is 6.04 Å². The van der Waals surface area contributed by atoms with Crippen LogP contribution in [-0.2, 0) is 9.53 Å². The molecule has 0 aromatic heterocycles. The van der Waals surface area contributed by atoms with Crippen molar-refractivity contribution >= 4 is 18.3 Å². The third-order valence-electron chi connectivity index (χ3n) is 3.93. The normalized spacial score (nSPS) is 17.0. The maximum Gasteiger partial charge on any atom is 0.244 e. The molecule has 0 bridgehead atoms. The molecule has 0 spiro atoms. The molecule has 0 radical (unpaired) electrons. The molecule has 1 heterocycles. The number of ether oxygens (including phenoxy) is 1. The van der Waals surface area contributed by atoms with E-state index in [4.69, 9.17) is 4.74 Å². The molecule has 1 saturated heterocycles. The molecule has 2 rings (SSSR count). The van der Waals surface area contributed by atoms with Gasteiger partial charge in [-0.15, -0.1) is 12.4 Å². The van der Waals surface area contributed by atoms with E-state index in [1.54, 1.807) is 6.08 Å². The predicted molar refractivity (Wildman–Crippen MR) is 95.8 cm³/mol. The third-order valence-corrected chi connectivity index (χ3v) is 3.93. The van der Waals surface area contributed by atoms with Crippen molar-refractivity contribution in [2.45, 2.75) is 18.9 Å². The third kappa shape index (κ3) is 6.73. The molecule has 1 N–H and O–H groups in total. The first-order chi connectivity index (χ1) is 10.7. The predicted octanol–water partition coefficient (Wildman–Crippen LogP) is 2.81. The van der Waals surface area contributed by atoms with E-state index < -0.39 is 0 Å². The summed E-state index contributed by atoms with van der Waals surface area (Å²) in [6.45, 7) is 2.32. The highest BCUT2D eigenvalue weighted by atomic mass is 35.5. The summed E-state index contributed by atoms with van der Waals surface area (Å²) in [7, 11) is 3.97. The number of nitrogens with one attached hydrogen (secondary N) is 1. The first-order valence-electron chi connectivity index (χ1n) is 7.91. The highest BCUT2D eigenvalue weighted by molar-refractivity contribution is 5.87. The molecule has 1 aliphatic heterocycles. The second-order valence-corrected chi connectivity index (χ2v) is 6.01. The Balaban J connectivity index is 0.00000264. The van der Waals surface area contributed by atoms with E-state index >= 15 is 0 Å². The summed E-state index contributed by atoms with van der Waals surface area (Å²) in [4.78, 5) is 14.2. The van der Waals surface area contributed by atoms with Crippen LogP contribution in [0.4, 0.5) is 0 Å². The van der Waals surface area contributed by atoms with Crippen molar-refractivity contribution < 1.29 is 9.53 Å². The fourth-order valence-corrected chi connectivity index (χ4v) is 2.75. The van der Waals surface area contributed by atoms with Gasteiger partial charge in [0.2, 0.25) is 5.91 Å². The Bertz CT molecular complexity index is 485. The smallest absolute Gasteiger partial charge is 0.244 e. The van der Waals surface area contributed by atoms with Crippen LogP contribution >= 0.6 is 12.4 Å². The zero-order valence-corrected chi connectivity index (χ0v) is 14.7. The molecule has 1 aromatic carbocycles. The maximum absolute atomic E-state index is 12.2. The van der Waals surface area contributed by atoms with Crippen LogP contribution in [0.1, 0.15) is 24.4 Å². The van der Waals surface area contributed by atoms with E-state index in [-0.39, 0.29) is 24.4 Å². The van der Waals surface area contributed by atoms with E-state index in [1.165, 1.54) is 5.56 Å². The molecule has 5 heteroatoms. The Labute approximate surface area is 145 Å². The van der Waals surface area contributed by atoms with E-state index in [2.05, 4.69) is 17.4 Å². The SMILES string of the molecule is CN(C)C/C=C/C(=O)NC(c1ccccc1)C1CCOCC1.Cl. The van der Waals surface area contributed by atoms with Crippen molar-refractivity contribution in [2.75, 3.05) is 33.9 Å². The molecule has 128 valence electrons. The monoisotopic (exact) mass is 338 g/mol. The number of hydrogen-bond acceptors (Lipinski definition) is 3. The second kappa shape index (κ2) is 10.4. The number of hydrogen-bond donors (Lipinski definition) is 1. The summed E-state index contributed by atoms with van der Waals surface area (Å²) in [5, 5.41) is 3.18. The zero-order valence-electron chi connectivity index (χ0n) is 13.9. The van der Waals surface area contributed by atoms with Crippen molar-refractivity contribution in [3.63, 3.8) is 0 Å². The van der Waals surface area contributed by atoms with Crippen LogP contribution in [0.3, 0.4) is 0 Å². The van der Waals surface area contributed by atoms with E-state index in [1.807, 2.05) is 43.3 Å². The van der Waals surface area contributed by atoms with Crippen molar-refractivity contribution in [1.82, 2.24) is 10.2 Å². The molecule has 0 aliphatic carbocycles. The van der Waals surface area contributed by atoms with Crippen molar-refractivity contribution in [3.8, 4) is 0 Å². The van der Waals surface area contributed by atoms with Gasteiger partial charge in [-0.25, -0.2) is 0 Å². The van der Waals surface area contributed by atoms with Crippen LogP contribution in [0.5, 0.6) is 0 Å². The van der Waals surface area contributed by atoms with Crippen molar-refractivity contribution in [1.29, 1.82) is 0 Å². The molecule has 4 nitrogen and oxygen atoms in total. The standard InChI is InChI=1S/C18H26N2O2.ClH/c1-20(2)12-6-9-17(21)19-18(15-7-4-3-5-8-15)16-10-13-22-14-11-16;/h3-9,16,18H,10-14H2,1-2H3,(H,19,21);1H/b9-6+;. The summed E-state index contributed by atoms with van der Waals surface area (Å²) in [6, 6.07) is 10.3. The quantitative estimate of drug-likeness (QED) is 0.811. The highest BCUT2D eigenvalue weighted by Crippen LogP contribution is 2.29. The molecule has 1 amide bonds. The fraction of sp³-hybridized carbons (Fsp3) is 0.500. The number of amides is 1. The second-order valence-electron chi connectivity index (χ2n) is 6.01. The van der Waals surface area contributed by atoms with Crippen LogP contribution in [0.2, 0.25) is 0 Å². The van der Waals surface area contributed by atoms with Crippen LogP contribution in [0.15, 0.2) is 42.5 Å². The minimum atomic E-state index is -0.0257. The lowest BCUT2D eigenvalue weighted by molar-refractivity contribution is -0.117. The summed E-state index contributed by atoms with van der Waals surface area (Å²) >= 11 is 0. The van der Waals surface area contributed by atoms with Gasteiger partial charge in [-0.05, 0) is 38.4 Å². The van der Waals surface area contributed by atoms with Gasteiger partial charge >= 0.3 is 0 Å². The van der Waals surface area contributed by atoms with Crippen LogP contribution < -0.4 is 5.32 Å². The number of benzene rings is 1. The number of likely N-dealkylation sites (N-methyl/N-ethyl adjacent to an activating group) is 1. The minimum Gasteiger partial charge on any atom is -0.381 e. The topological polar surface area (TPSA) is 41.6 Å². The van der Waals surface area contributed by atoms with Crippen LogP contribution in [0.25, 0.3) is 0 Å². The lowest BCUT2D eigenvalue weighted by Crippen LogP contribution is -2.35. The number of carbonyl (C=O) groups excluding carboxylic acids is 1. The van der Waals surface area contributed by atoms with Gasteiger partial charge in [-0.2, -0.15) is 0 Å². The van der Waals surface area contributed by atoms with Gasteiger partial charge in [0.1, 0.15) is 0 Å². The average molecular weight is 339 g/mol. The first kappa shape index (κ1) is 19.7. The van der Waals surface area contributed by atoms with Gasteiger partial charge in [0, 0.05) is 25.8 Å². The fourth-order valence-electron chi connectivity index (χ4n) is 2.75. The Morgan fingerprint density at radius 3 is 2.57 bits per heavy atom. The average Bonchev–Trinajstić information content (AvgIpc) is 2.54. The number of rotatable bonds is 6. The van der Waals surface area contributed by atoms with Crippen molar-refractivity contribution in [2.24, 2.45) is 5.92 Å². The number of halogens is 1. The summed E-state index contributed by atoms with van der Waals surface area (Å²) in [6.07, 6.45) is 5.50. The molecule has 1 atom stereocenters. The maximum atomic E-state index is 12.2. The number of nitrogens with zero attached hydrogens (tertiary/aromatic N) is 1. The molecule has 1 aliphatic rings. The van der Waals surface area contributed by atoms with Crippen LogP contribution in [0, 0.1) is 5.92 Å². The summed E-state index contributed by atoms with van der Waals surface area (Å²) in [5.74, 6) is 0.407. The minimum absolute atomic E-state index is 0. The summed E-state index contributed by atoms with van der Waals surface area (Å²) in [5.41, 5.74) is 1.17. The first-order valence-corrected chi connectivity index (χ1v) is 7.91. The Morgan fingerprint density at radius 2 is 1.96 bits per heavy atom. The Morgan fingerprint density at radius 1 is 1.30 bits per heavy atom. The van der Waals surface area contributed by atoms with Crippen molar-refractivity contribution in [3.05, 3.63) is 48.0 Å². The summed E-state index contributed by atoms with van der Waals surface area (Å²) < 4.78 is 5.45. The van der Waals surface area contributed by atoms with Gasteiger partial charge < -0.3 is 15.0 Å². The molecule has 0 saturated carbocycles. The van der Waals surface area contributed by atoms with Crippen LogP contribution in [-0.4, -0.2) is 44.7 Å². The van der Waals surface area contributed by atoms with Gasteiger partial charge in [-0.1, -0.05) is 36.4 Å². The van der Waals surface area contributed by atoms with E-state index in [0.29, 0.717) is 5.92 Å². The molecular formula is C18H27ClN2O2. The Hall–Kier alpha value is -1.36. The van der Waals surface area contributed by atoms with Gasteiger partial charge in [0.25, 0.3) is 0 Å². The zero-order chi connectivity index (χ0) is 15.8. The van der Waals surface area contributed by atoms with E-state index in [0.717, 1.165) is 32.6 Å². The van der Waals surface area contributed by atoms with Gasteiger partial charge in [0.15, 0.2) is 0 Å². The molecular weight excluding hydrogens is 312 g/mol. The number of carbonyl (C=O) groups is 1. The lowest BCUT2D eigenvalue weighted by atomic mass is 9.87. The lowest BCUT2D eigenvalue weighted by Gasteiger charge is -2.31. The molecule has 1 aromatic rings. The molecule has 1 unspecified atom stereocenters.